The number of amides is 3. The van der Waals surface area contributed by atoms with Gasteiger partial charge >= 0.3 is 0 Å². The van der Waals surface area contributed by atoms with E-state index in [4.69, 9.17) is 11.6 Å². The van der Waals surface area contributed by atoms with Gasteiger partial charge in [-0.1, -0.05) is 23.7 Å². The number of rotatable bonds is 5. The molecule has 1 aromatic carbocycles. The van der Waals surface area contributed by atoms with Crippen LogP contribution in [-0.2, 0) is 20.8 Å². The molecule has 2 N–H and O–H groups in total. The molecule has 3 amide bonds. The maximum absolute atomic E-state index is 12.1. The Kier molecular flexibility index (Phi) is 5.55. The van der Waals surface area contributed by atoms with Gasteiger partial charge in [0.25, 0.3) is 5.91 Å². The van der Waals surface area contributed by atoms with E-state index in [2.05, 4.69) is 20.6 Å². The van der Waals surface area contributed by atoms with Crippen LogP contribution in [0.1, 0.15) is 5.69 Å². The number of benzene rings is 1. The summed E-state index contributed by atoms with van der Waals surface area (Å²) < 4.78 is 0. The van der Waals surface area contributed by atoms with E-state index in [9.17, 15) is 14.4 Å². The fourth-order valence-corrected chi connectivity index (χ4v) is 3.06. The van der Waals surface area contributed by atoms with Crippen molar-refractivity contribution in [1.82, 2.24) is 4.98 Å². The number of carbonyl (C=O) groups is 3. The van der Waals surface area contributed by atoms with E-state index < -0.39 is 11.8 Å². The van der Waals surface area contributed by atoms with E-state index in [-0.39, 0.29) is 18.2 Å². The molecule has 0 spiro atoms. The van der Waals surface area contributed by atoms with Gasteiger partial charge in [0.05, 0.1) is 18.0 Å². The van der Waals surface area contributed by atoms with Crippen molar-refractivity contribution in [3.8, 4) is 0 Å². The van der Waals surface area contributed by atoms with Crippen molar-refractivity contribution in [2.45, 2.75) is 6.42 Å². The standard InChI is InChI=1S/C17H13ClN4O3S/c18-11-2-1-3-12(6-11)20-15(24)7-13-9-26-17(21-13)22-16(25)10-4-5-14(23)19-8-10/h1-6,8-10H,7H2,(H,20,24)(H,21,22,25). The van der Waals surface area contributed by atoms with Gasteiger partial charge in [-0.3, -0.25) is 14.4 Å². The first-order chi connectivity index (χ1) is 12.5. The van der Waals surface area contributed by atoms with Gasteiger partial charge in [-0.15, -0.1) is 11.3 Å². The molecule has 3 rings (SSSR count). The summed E-state index contributed by atoms with van der Waals surface area (Å²) in [5, 5.41) is 7.98. The number of aliphatic imine (C=N–C) groups is 1. The predicted molar refractivity (Wildman–Crippen MR) is 101 cm³/mol. The van der Waals surface area contributed by atoms with Crippen LogP contribution in [0.3, 0.4) is 0 Å². The highest BCUT2D eigenvalue weighted by molar-refractivity contribution is 7.14. The second-order valence-electron chi connectivity index (χ2n) is 5.37. The van der Waals surface area contributed by atoms with Crippen LogP contribution in [-0.4, -0.2) is 28.9 Å². The number of thiazole rings is 1. The van der Waals surface area contributed by atoms with Gasteiger partial charge < -0.3 is 10.6 Å². The van der Waals surface area contributed by atoms with Crippen LogP contribution in [0, 0.1) is 5.92 Å². The quantitative estimate of drug-likeness (QED) is 0.822. The summed E-state index contributed by atoms with van der Waals surface area (Å²) in [4.78, 5) is 42.9. The first-order valence-corrected chi connectivity index (χ1v) is 8.82. The molecule has 0 aliphatic carbocycles. The minimum atomic E-state index is -0.619. The summed E-state index contributed by atoms with van der Waals surface area (Å²) in [5.74, 6) is -1.60. The Morgan fingerprint density at radius 3 is 2.85 bits per heavy atom. The Morgan fingerprint density at radius 1 is 1.27 bits per heavy atom. The summed E-state index contributed by atoms with van der Waals surface area (Å²) in [6.45, 7) is 0. The molecule has 1 atom stereocenters. The van der Waals surface area contributed by atoms with E-state index in [0.29, 0.717) is 21.5 Å². The molecule has 1 aliphatic heterocycles. The number of hydrogen-bond donors (Lipinski definition) is 2. The molecule has 0 saturated heterocycles. The zero-order valence-corrected chi connectivity index (χ0v) is 14.9. The van der Waals surface area contributed by atoms with Gasteiger partial charge in [-0.05, 0) is 18.2 Å². The molecule has 132 valence electrons. The number of hydrogen-bond acceptors (Lipinski definition) is 5. The lowest BCUT2D eigenvalue weighted by Crippen LogP contribution is -2.24. The molecular formula is C17H13ClN4O3S. The Labute approximate surface area is 157 Å². The fourth-order valence-electron chi connectivity index (χ4n) is 2.16. The van der Waals surface area contributed by atoms with Crippen molar-refractivity contribution in [2.75, 3.05) is 10.6 Å². The number of anilines is 2. The van der Waals surface area contributed by atoms with Crippen LogP contribution in [0.2, 0.25) is 5.02 Å². The highest BCUT2D eigenvalue weighted by Crippen LogP contribution is 2.19. The van der Waals surface area contributed by atoms with Gasteiger partial charge in [0.1, 0.15) is 0 Å². The van der Waals surface area contributed by atoms with E-state index in [1.165, 1.54) is 29.7 Å². The molecule has 1 aromatic heterocycles. The number of carbonyl (C=O) groups excluding carboxylic acids is 3. The van der Waals surface area contributed by atoms with E-state index in [1.54, 1.807) is 29.6 Å². The van der Waals surface area contributed by atoms with Gasteiger partial charge in [0, 0.05) is 28.4 Å². The number of nitrogens with zero attached hydrogens (tertiary/aromatic N) is 2. The molecule has 2 heterocycles. The van der Waals surface area contributed by atoms with Gasteiger partial charge in [0.15, 0.2) is 5.13 Å². The molecule has 2 aromatic rings. The SMILES string of the molecule is O=C1C=CC(C(=O)Nc2nc(CC(=O)Nc3cccc(Cl)c3)cs2)C=N1. The molecule has 26 heavy (non-hydrogen) atoms. The zero-order valence-electron chi connectivity index (χ0n) is 13.3. The van der Waals surface area contributed by atoms with Crippen molar-refractivity contribution in [2.24, 2.45) is 10.9 Å². The molecule has 0 radical (unpaired) electrons. The fraction of sp³-hybridized carbons (Fsp3) is 0.118. The van der Waals surface area contributed by atoms with Crippen LogP contribution in [0.15, 0.2) is 46.8 Å². The van der Waals surface area contributed by atoms with Crippen molar-refractivity contribution < 1.29 is 14.4 Å². The number of aromatic nitrogens is 1. The smallest absolute Gasteiger partial charge is 0.269 e. The van der Waals surface area contributed by atoms with Crippen LogP contribution in [0.25, 0.3) is 0 Å². The zero-order chi connectivity index (χ0) is 18.5. The minimum Gasteiger partial charge on any atom is -0.326 e. The Bertz CT molecular complexity index is 906. The number of nitrogens with one attached hydrogen (secondary N) is 2. The molecule has 1 aliphatic rings. The molecule has 7 nitrogen and oxygen atoms in total. The predicted octanol–water partition coefficient (Wildman–Crippen LogP) is 2.70. The van der Waals surface area contributed by atoms with Crippen molar-refractivity contribution in [3.63, 3.8) is 0 Å². The average molecular weight is 389 g/mol. The van der Waals surface area contributed by atoms with Gasteiger partial charge in [-0.2, -0.15) is 0 Å². The van der Waals surface area contributed by atoms with E-state index >= 15 is 0 Å². The average Bonchev–Trinajstić information content (AvgIpc) is 3.02. The summed E-state index contributed by atoms with van der Waals surface area (Å²) in [6.07, 6.45) is 4.07. The molecule has 1 unspecified atom stereocenters. The lowest BCUT2D eigenvalue weighted by molar-refractivity contribution is -0.117. The monoisotopic (exact) mass is 388 g/mol. The second kappa shape index (κ2) is 8.03. The Hall–Kier alpha value is -2.84. The van der Waals surface area contributed by atoms with Crippen LogP contribution >= 0.6 is 22.9 Å². The Balaban J connectivity index is 1.55. The van der Waals surface area contributed by atoms with Gasteiger partial charge in [0.2, 0.25) is 11.8 Å². The maximum Gasteiger partial charge on any atom is 0.269 e. The summed E-state index contributed by atoms with van der Waals surface area (Å²) >= 11 is 7.09. The second-order valence-corrected chi connectivity index (χ2v) is 6.66. The topological polar surface area (TPSA) is 101 Å². The maximum atomic E-state index is 12.1. The summed E-state index contributed by atoms with van der Waals surface area (Å²) in [6, 6.07) is 6.84. The molecule has 0 bridgehead atoms. The van der Waals surface area contributed by atoms with E-state index in [1.807, 2.05) is 0 Å². The minimum absolute atomic E-state index is 0.0676. The van der Waals surface area contributed by atoms with Crippen LogP contribution < -0.4 is 10.6 Å². The lowest BCUT2D eigenvalue weighted by atomic mass is 10.1. The largest absolute Gasteiger partial charge is 0.326 e. The summed E-state index contributed by atoms with van der Waals surface area (Å²) in [7, 11) is 0. The van der Waals surface area contributed by atoms with Crippen molar-refractivity contribution >= 4 is 57.7 Å². The Morgan fingerprint density at radius 2 is 2.12 bits per heavy atom. The third kappa shape index (κ3) is 4.84. The number of dihydropyridines is 1. The van der Waals surface area contributed by atoms with E-state index in [0.717, 1.165) is 0 Å². The van der Waals surface area contributed by atoms with Crippen LogP contribution in [0.4, 0.5) is 10.8 Å². The number of halogens is 1. The third-order valence-corrected chi connectivity index (χ3v) is 4.38. The van der Waals surface area contributed by atoms with Gasteiger partial charge in [-0.25, -0.2) is 9.98 Å². The van der Waals surface area contributed by atoms with Crippen molar-refractivity contribution in [1.29, 1.82) is 0 Å². The van der Waals surface area contributed by atoms with Crippen molar-refractivity contribution in [3.05, 3.63) is 52.5 Å². The highest BCUT2D eigenvalue weighted by Gasteiger charge is 2.18. The molecular weight excluding hydrogens is 376 g/mol. The molecule has 9 heteroatoms. The summed E-state index contributed by atoms with van der Waals surface area (Å²) in [5.41, 5.74) is 1.14. The first kappa shape index (κ1) is 18.0. The van der Waals surface area contributed by atoms with Crippen LogP contribution in [0.5, 0.6) is 0 Å². The molecule has 0 fully saturated rings. The molecule has 0 saturated carbocycles. The lowest BCUT2D eigenvalue weighted by Gasteiger charge is -2.08. The highest BCUT2D eigenvalue weighted by atomic mass is 35.5. The third-order valence-electron chi connectivity index (χ3n) is 3.34. The first-order valence-electron chi connectivity index (χ1n) is 7.56. The normalized spacial score (nSPS) is 15.7.